The molecule has 3 nitrogen and oxygen atoms in total. The molecular weight excluding hydrogens is 198 g/mol. The summed E-state index contributed by atoms with van der Waals surface area (Å²) in [7, 11) is -3.18. The third kappa shape index (κ3) is 2.59. The zero-order valence-corrected chi connectivity index (χ0v) is 8.64. The van der Waals surface area contributed by atoms with Gasteiger partial charge >= 0.3 is 0 Å². The van der Waals surface area contributed by atoms with Crippen LogP contribution in [0.1, 0.15) is 5.56 Å². The van der Waals surface area contributed by atoms with E-state index in [0.717, 1.165) is 5.56 Å². The van der Waals surface area contributed by atoms with Gasteiger partial charge in [-0.2, -0.15) is 0 Å². The smallest absolute Gasteiger partial charge is 0.191 e. The molecule has 0 saturated carbocycles. The van der Waals surface area contributed by atoms with E-state index in [4.69, 9.17) is 15.4 Å². The molecule has 0 aliphatic rings. The van der Waals surface area contributed by atoms with Gasteiger partial charge in [0.25, 0.3) is 0 Å². The summed E-state index contributed by atoms with van der Waals surface area (Å²) in [5.74, 6) is 2.18. The van der Waals surface area contributed by atoms with Crippen LogP contribution in [0.15, 0.2) is 29.2 Å². The van der Waals surface area contributed by atoms with E-state index in [-0.39, 0.29) is 6.61 Å². The van der Waals surface area contributed by atoms with Gasteiger partial charge in [0, 0.05) is 0 Å². The van der Waals surface area contributed by atoms with Crippen molar-refractivity contribution in [1.82, 2.24) is 0 Å². The highest BCUT2D eigenvalue weighted by atomic mass is 32.2. The summed E-state index contributed by atoms with van der Waals surface area (Å²) in [6.45, 7) is 1.80. The minimum absolute atomic E-state index is 0.115. The summed E-state index contributed by atoms with van der Waals surface area (Å²) in [4.78, 5) is 0.346. The Hall–Kier alpha value is -1.31. The van der Waals surface area contributed by atoms with Crippen molar-refractivity contribution >= 4 is 10.0 Å². The van der Waals surface area contributed by atoms with Gasteiger partial charge in [-0.05, 0) is 19.1 Å². The number of aryl methyl sites for hydroxylation is 1. The van der Waals surface area contributed by atoms with E-state index in [0.29, 0.717) is 4.90 Å². The number of benzene rings is 1. The third-order valence-electron chi connectivity index (χ3n) is 1.64. The molecule has 0 spiro atoms. The normalized spacial score (nSPS) is 14.3. The van der Waals surface area contributed by atoms with Gasteiger partial charge in [-0.15, -0.1) is 6.42 Å². The molecular formula is C10H11NO2S. The van der Waals surface area contributed by atoms with E-state index >= 15 is 0 Å². The lowest BCUT2D eigenvalue weighted by molar-refractivity contribution is 0.392. The van der Waals surface area contributed by atoms with Crippen molar-refractivity contribution in [3.05, 3.63) is 29.8 Å². The van der Waals surface area contributed by atoms with Crippen LogP contribution in [0.2, 0.25) is 0 Å². The maximum Gasteiger partial charge on any atom is 0.191 e. The molecule has 0 aliphatic heterocycles. The molecule has 14 heavy (non-hydrogen) atoms. The Morgan fingerprint density at radius 2 is 2.07 bits per heavy atom. The Morgan fingerprint density at radius 1 is 1.50 bits per heavy atom. The molecule has 4 heteroatoms. The number of nitrogens with one attached hydrogen (secondary N) is 1. The molecule has 1 aromatic carbocycles. The Labute approximate surface area is 84.3 Å². The van der Waals surface area contributed by atoms with Crippen LogP contribution in [-0.4, -0.2) is 10.8 Å². The molecule has 1 rings (SSSR count). The number of hydrogen-bond acceptors (Lipinski definition) is 3. The first-order valence-electron chi connectivity index (χ1n) is 3.99. The maximum absolute atomic E-state index is 11.6. The van der Waals surface area contributed by atoms with Crippen LogP contribution in [0, 0.1) is 24.0 Å². The van der Waals surface area contributed by atoms with Crippen LogP contribution in [0.5, 0.6) is 0 Å². The van der Waals surface area contributed by atoms with Crippen LogP contribution in [-0.2, 0) is 14.2 Å². The van der Waals surface area contributed by atoms with Crippen molar-refractivity contribution in [2.75, 3.05) is 6.61 Å². The van der Waals surface area contributed by atoms with Crippen LogP contribution in [0.4, 0.5) is 0 Å². The van der Waals surface area contributed by atoms with Gasteiger partial charge in [-0.3, -0.25) is 4.18 Å². The molecule has 0 saturated heterocycles. The first kappa shape index (κ1) is 10.8. The summed E-state index contributed by atoms with van der Waals surface area (Å²) in [5, 5.41) is 0. The van der Waals surface area contributed by atoms with E-state index in [1.807, 2.05) is 6.92 Å². The van der Waals surface area contributed by atoms with Crippen LogP contribution in [0.3, 0.4) is 0 Å². The van der Waals surface area contributed by atoms with Gasteiger partial charge in [-0.25, -0.2) is 8.99 Å². The van der Waals surface area contributed by atoms with E-state index < -0.39 is 10.0 Å². The van der Waals surface area contributed by atoms with Gasteiger partial charge in [0.05, 0.1) is 4.90 Å². The number of terminal acetylenes is 1. The van der Waals surface area contributed by atoms with Crippen LogP contribution < -0.4 is 0 Å². The lowest BCUT2D eigenvalue weighted by Gasteiger charge is -2.05. The predicted octanol–water partition coefficient (Wildman–Crippen LogP) is 1.97. The SMILES string of the molecule is C#CCOS(=N)(=O)c1ccc(C)cc1. The minimum atomic E-state index is -3.18. The fourth-order valence-corrected chi connectivity index (χ4v) is 1.77. The van der Waals surface area contributed by atoms with E-state index in [2.05, 4.69) is 5.92 Å². The topological polar surface area (TPSA) is 50.1 Å². The second-order valence-electron chi connectivity index (χ2n) is 2.78. The molecule has 1 N–H and O–H groups in total. The van der Waals surface area contributed by atoms with Gasteiger partial charge in [0.1, 0.15) is 6.61 Å². The van der Waals surface area contributed by atoms with Crippen molar-refractivity contribution in [1.29, 1.82) is 4.78 Å². The Morgan fingerprint density at radius 3 is 2.57 bits per heavy atom. The van der Waals surface area contributed by atoms with Crippen molar-refractivity contribution in [3.63, 3.8) is 0 Å². The van der Waals surface area contributed by atoms with Crippen LogP contribution in [0.25, 0.3) is 0 Å². The summed E-state index contributed by atoms with van der Waals surface area (Å²) >= 11 is 0. The van der Waals surface area contributed by atoms with Gasteiger partial charge in [0.2, 0.25) is 0 Å². The Bertz CT molecular complexity index is 440. The van der Waals surface area contributed by atoms with Gasteiger partial charge in [-0.1, -0.05) is 23.6 Å². The summed E-state index contributed by atoms with van der Waals surface area (Å²) in [5.41, 5.74) is 1.04. The minimum Gasteiger partial charge on any atom is -0.268 e. The van der Waals surface area contributed by atoms with E-state index in [9.17, 15) is 4.21 Å². The summed E-state index contributed by atoms with van der Waals surface area (Å²) < 4.78 is 23.8. The molecule has 1 unspecified atom stereocenters. The second kappa shape index (κ2) is 4.27. The van der Waals surface area contributed by atoms with Gasteiger partial charge in [0.15, 0.2) is 10.0 Å². The Balaban J connectivity index is 2.94. The highest BCUT2D eigenvalue weighted by Crippen LogP contribution is 2.13. The summed E-state index contributed by atoms with van der Waals surface area (Å²) in [6.07, 6.45) is 4.95. The third-order valence-corrected chi connectivity index (χ3v) is 2.98. The maximum atomic E-state index is 11.6. The molecule has 0 aromatic heterocycles. The van der Waals surface area contributed by atoms with E-state index in [1.165, 1.54) is 0 Å². The highest BCUT2D eigenvalue weighted by Gasteiger charge is 2.08. The predicted molar refractivity (Wildman–Crippen MR) is 55.1 cm³/mol. The fraction of sp³-hybridized carbons (Fsp3) is 0.200. The average molecular weight is 209 g/mol. The second-order valence-corrected chi connectivity index (χ2v) is 4.50. The van der Waals surface area contributed by atoms with Crippen molar-refractivity contribution < 1.29 is 8.39 Å². The first-order chi connectivity index (χ1) is 6.56. The van der Waals surface area contributed by atoms with Crippen LogP contribution >= 0.6 is 0 Å². The molecule has 0 radical (unpaired) electrons. The Kier molecular flexibility index (Phi) is 3.28. The first-order valence-corrected chi connectivity index (χ1v) is 5.48. The zero-order chi connectivity index (χ0) is 10.6. The molecule has 1 atom stereocenters. The van der Waals surface area contributed by atoms with Crippen molar-refractivity contribution in [3.8, 4) is 12.3 Å². The molecule has 0 amide bonds. The largest absolute Gasteiger partial charge is 0.268 e. The van der Waals surface area contributed by atoms with E-state index in [1.54, 1.807) is 24.3 Å². The highest BCUT2D eigenvalue weighted by molar-refractivity contribution is 7.87. The molecule has 1 aromatic rings. The number of rotatable bonds is 3. The molecule has 74 valence electrons. The van der Waals surface area contributed by atoms with Gasteiger partial charge < -0.3 is 0 Å². The monoisotopic (exact) mass is 209 g/mol. The number of hydrogen-bond donors (Lipinski definition) is 1. The summed E-state index contributed by atoms with van der Waals surface area (Å²) in [6, 6.07) is 6.79. The molecule has 0 heterocycles. The lowest BCUT2D eigenvalue weighted by atomic mass is 10.2. The zero-order valence-electron chi connectivity index (χ0n) is 7.82. The lowest BCUT2D eigenvalue weighted by Crippen LogP contribution is -2.04. The molecule has 0 fully saturated rings. The molecule has 0 bridgehead atoms. The molecule has 0 aliphatic carbocycles. The average Bonchev–Trinajstić information content (AvgIpc) is 2.16. The fourth-order valence-electron chi connectivity index (χ4n) is 0.902. The van der Waals surface area contributed by atoms with Crippen molar-refractivity contribution in [2.45, 2.75) is 11.8 Å². The van der Waals surface area contributed by atoms with Crippen molar-refractivity contribution in [2.24, 2.45) is 0 Å². The quantitative estimate of drug-likeness (QED) is 0.774. The standard InChI is InChI=1S/C10H11NO2S/c1-3-8-13-14(11,12)10-6-4-9(2)5-7-10/h1,4-7,11H,8H2,2H3.